The first kappa shape index (κ1) is 21.0. The van der Waals surface area contributed by atoms with Crippen LogP contribution in [0, 0.1) is 0 Å². The van der Waals surface area contributed by atoms with E-state index < -0.39 is 18.8 Å². The van der Waals surface area contributed by atoms with Gasteiger partial charge in [-0.25, -0.2) is 8.78 Å². The van der Waals surface area contributed by atoms with E-state index in [0.717, 1.165) is 11.3 Å². The Kier molecular flexibility index (Phi) is 6.90. The average molecular weight is 377 g/mol. The predicted molar refractivity (Wildman–Crippen MR) is 110 cm³/mol. The van der Waals surface area contributed by atoms with Gasteiger partial charge in [-0.15, -0.1) is 11.8 Å². The molecule has 0 N–H and O–H groups in total. The minimum atomic E-state index is -1.23. The first-order valence-electron chi connectivity index (χ1n) is 9.29. The maximum Gasteiger partial charge on any atom is 0.106 e. The molecule has 0 radical (unpaired) electrons. The van der Waals surface area contributed by atoms with E-state index in [1.165, 1.54) is 5.56 Å². The summed E-state index contributed by atoms with van der Waals surface area (Å²) in [7, 11) is 0. The molecule has 0 aliphatic heterocycles. The molecule has 0 aliphatic rings. The standard InChI is InChI=1S/C23H30F2S/c1-6-22(4,5)18-7-9-19(10-8-18)23(15-24,16-25)20-11-13-21(14-12-20)26-17(2)3/h7-14,17H,6,15-16H2,1-5H3. The molecule has 0 nitrogen and oxygen atoms in total. The Hall–Kier alpha value is -1.35. The fourth-order valence-corrected chi connectivity index (χ4v) is 3.92. The predicted octanol–water partition coefficient (Wildman–Crippen LogP) is 7.10. The average Bonchev–Trinajstić information content (AvgIpc) is 2.64. The van der Waals surface area contributed by atoms with Crippen molar-refractivity contribution in [1.29, 1.82) is 0 Å². The third-order valence-corrected chi connectivity index (χ3v) is 6.35. The molecule has 142 valence electrons. The summed E-state index contributed by atoms with van der Waals surface area (Å²) in [4.78, 5) is 1.12. The highest BCUT2D eigenvalue weighted by atomic mass is 32.2. The highest BCUT2D eigenvalue weighted by Crippen LogP contribution is 2.37. The van der Waals surface area contributed by atoms with Crippen molar-refractivity contribution in [3.63, 3.8) is 0 Å². The van der Waals surface area contributed by atoms with Crippen molar-refractivity contribution in [2.24, 2.45) is 0 Å². The summed E-state index contributed by atoms with van der Waals surface area (Å²) >= 11 is 1.75. The molecule has 2 aromatic carbocycles. The Bertz CT molecular complexity index is 683. The third kappa shape index (κ3) is 4.31. The van der Waals surface area contributed by atoms with E-state index in [1.807, 2.05) is 48.5 Å². The number of alkyl halides is 2. The monoisotopic (exact) mass is 376 g/mol. The van der Waals surface area contributed by atoms with E-state index in [2.05, 4.69) is 34.6 Å². The van der Waals surface area contributed by atoms with Gasteiger partial charge in [0.1, 0.15) is 13.3 Å². The summed E-state index contributed by atoms with van der Waals surface area (Å²) in [5.41, 5.74) is 1.41. The molecule has 26 heavy (non-hydrogen) atoms. The fraction of sp³-hybridized carbons (Fsp3) is 0.478. The van der Waals surface area contributed by atoms with E-state index in [4.69, 9.17) is 0 Å². The Morgan fingerprint density at radius 3 is 1.62 bits per heavy atom. The lowest BCUT2D eigenvalue weighted by Gasteiger charge is -2.31. The molecule has 0 aromatic heterocycles. The zero-order chi connectivity index (χ0) is 19.4. The van der Waals surface area contributed by atoms with Crippen LogP contribution in [0.1, 0.15) is 57.7 Å². The fourth-order valence-electron chi connectivity index (χ4n) is 3.08. The molecule has 0 amide bonds. The van der Waals surface area contributed by atoms with Crippen molar-refractivity contribution in [2.45, 2.75) is 62.0 Å². The molecule has 0 aliphatic carbocycles. The van der Waals surface area contributed by atoms with E-state index in [0.29, 0.717) is 16.4 Å². The van der Waals surface area contributed by atoms with Crippen LogP contribution in [0.25, 0.3) is 0 Å². The summed E-state index contributed by atoms with van der Waals surface area (Å²) < 4.78 is 28.3. The smallest absolute Gasteiger partial charge is 0.106 e. The number of thioether (sulfide) groups is 1. The Labute approximate surface area is 161 Å². The van der Waals surface area contributed by atoms with Gasteiger partial charge in [0, 0.05) is 10.1 Å². The van der Waals surface area contributed by atoms with E-state index in [-0.39, 0.29) is 5.41 Å². The van der Waals surface area contributed by atoms with Gasteiger partial charge in [-0.2, -0.15) is 0 Å². The molecule has 2 rings (SSSR count). The highest BCUT2D eigenvalue weighted by Gasteiger charge is 2.35. The van der Waals surface area contributed by atoms with Crippen LogP contribution < -0.4 is 0 Å². The summed E-state index contributed by atoms with van der Waals surface area (Å²) in [6.07, 6.45) is 1.01. The topological polar surface area (TPSA) is 0 Å². The molecule has 0 fully saturated rings. The number of hydrogen-bond donors (Lipinski definition) is 0. The quantitative estimate of drug-likeness (QED) is 0.443. The maximum atomic E-state index is 14.2. The molecule has 0 bridgehead atoms. The minimum absolute atomic E-state index is 0.0579. The number of rotatable bonds is 8. The molecule has 0 spiro atoms. The van der Waals surface area contributed by atoms with Gasteiger partial charge in [0.2, 0.25) is 0 Å². The lowest BCUT2D eigenvalue weighted by atomic mass is 9.75. The Morgan fingerprint density at radius 1 is 0.808 bits per heavy atom. The largest absolute Gasteiger partial charge is 0.250 e. The van der Waals surface area contributed by atoms with Gasteiger partial charge in [-0.1, -0.05) is 71.0 Å². The molecular weight excluding hydrogens is 346 g/mol. The molecule has 0 atom stereocenters. The van der Waals surface area contributed by atoms with Crippen molar-refractivity contribution >= 4 is 11.8 Å². The lowest BCUT2D eigenvalue weighted by molar-refractivity contribution is 0.278. The van der Waals surface area contributed by atoms with E-state index >= 15 is 0 Å². The van der Waals surface area contributed by atoms with Crippen LogP contribution in [-0.2, 0) is 10.8 Å². The second-order valence-corrected chi connectivity index (χ2v) is 9.51. The summed E-state index contributed by atoms with van der Waals surface area (Å²) in [6, 6.07) is 15.5. The van der Waals surface area contributed by atoms with Crippen LogP contribution in [-0.4, -0.2) is 18.6 Å². The number of halogens is 2. The maximum absolute atomic E-state index is 14.2. The molecule has 3 heteroatoms. The van der Waals surface area contributed by atoms with Crippen LogP contribution in [0.3, 0.4) is 0 Å². The van der Waals surface area contributed by atoms with Crippen LogP contribution in [0.5, 0.6) is 0 Å². The normalized spacial score (nSPS) is 12.6. The van der Waals surface area contributed by atoms with Crippen molar-refractivity contribution < 1.29 is 8.78 Å². The summed E-state index contributed by atoms with van der Waals surface area (Å²) in [6.45, 7) is 9.28. The lowest BCUT2D eigenvalue weighted by Crippen LogP contribution is -2.33. The van der Waals surface area contributed by atoms with E-state index in [9.17, 15) is 8.78 Å². The zero-order valence-electron chi connectivity index (χ0n) is 16.5. The van der Waals surface area contributed by atoms with Crippen molar-refractivity contribution in [3.05, 3.63) is 65.2 Å². The molecule has 2 aromatic rings. The van der Waals surface area contributed by atoms with Crippen LogP contribution in [0.15, 0.2) is 53.4 Å². The second-order valence-electron chi connectivity index (χ2n) is 7.86. The molecular formula is C23H30F2S. The molecule has 0 heterocycles. The molecule has 0 saturated carbocycles. The van der Waals surface area contributed by atoms with Gasteiger partial charge < -0.3 is 0 Å². The zero-order valence-corrected chi connectivity index (χ0v) is 17.3. The van der Waals surface area contributed by atoms with E-state index in [1.54, 1.807) is 11.8 Å². The van der Waals surface area contributed by atoms with Crippen molar-refractivity contribution in [1.82, 2.24) is 0 Å². The van der Waals surface area contributed by atoms with Gasteiger partial charge in [0.05, 0.1) is 5.41 Å². The first-order valence-corrected chi connectivity index (χ1v) is 10.2. The van der Waals surface area contributed by atoms with Gasteiger partial charge in [0.25, 0.3) is 0 Å². The molecule has 0 unspecified atom stereocenters. The Morgan fingerprint density at radius 2 is 1.23 bits per heavy atom. The van der Waals surface area contributed by atoms with Crippen molar-refractivity contribution in [2.75, 3.05) is 13.3 Å². The van der Waals surface area contributed by atoms with Gasteiger partial charge in [0.15, 0.2) is 0 Å². The highest BCUT2D eigenvalue weighted by molar-refractivity contribution is 7.99. The Balaban J connectivity index is 2.40. The molecule has 0 saturated heterocycles. The first-order chi connectivity index (χ1) is 12.3. The van der Waals surface area contributed by atoms with Crippen LogP contribution in [0.2, 0.25) is 0 Å². The number of hydrogen-bond acceptors (Lipinski definition) is 1. The second kappa shape index (κ2) is 8.56. The summed E-state index contributed by atoms with van der Waals surface area (Å²) in [5, 5.41) is 0.474. The third-order valence-electron chi connectivity index (χ3n) is 5.34. The SMILES string of the molecule is CCC(C)(C)c1ccc(C(CF)(CF)c2ccc(SC(C)C)cc2)cc1. The summed E-state index contributed by atoms with van der Waals surface area (Å²) in [5.74, 6) is 0. The van der Waals surface area contributed by atoms with Crippen LogP contribution >= 0.6 is 11.8 Å². The minimum Gasteiger partial charge on any atom is -0.250 e. The van der Waals surface area contributed by atoms with Gasteiger partial charge >= 0.3 is 0 Å². The number of benzene rings is 2. The van der Waals surface area contributed by atoms with Crippen molar-refractivity contribution in [3.8, 4) is 0 Å². The van der Waals surface area contributed by atoms with Gasteiger partial charge in [-0.05, 0) is 40.7 Å². The van der Waals surface area contributed by atoms with Crippen LogP contribution in [0.4, 0.5) is 8.78 Å². The van der Waals surface area contributed by atoms with Gasteiger partial charge in [-0.3, -0.25) is 0 Å².